The van der Waals surface area contributed by atoms with Gasteiger partial charge in [0.05, 0.1) is 0 Å². The highest BCUT2D eigenvalue weighted by molar-refractivity contribution is 6.25. The maximum Gasteiger partial charge on any atom is 0.115 e. The van der Waals surface area contributed by atoms with Crippen LogP contribution in [0.4, 0.5) is 0 Å². The first-order valence-electron chi connectivity index (χ1n) is 14.9. The Kier molecular flexibility index (Phi) is 5.06. The Morgan fingerprint density at radius 1 is 0.500 bits per heavy atom. The summed E-state index contributed by atoms with van der Waals surface area (Å²) in [4.78, 5) is 0. The zero-order valence-electron chi connectivity index (χ0n) is 24.8. The number of hydrogen-bond donors (Lipinski definition) is 1. The molecule has 0 saturated carbocycles. The van der Waals surface area contributed by atoms with Gasteiger partial charge in [0.25, 0.3) is 0 Å². The second-order valence-electron chi connectivity index (χ2n) is 13.6. The molecular formula is C41H34O. The van der Waals surface area contributed by atoms with E-state index >= 15 is 0 Å². The lowest BCUT2D eigenvalue weighted by Gasteiger charge is -2.23. The Bertz CT molecular complexity index is 2170. The molecule has 0 fully saturated rings. The van der Waals surface area contributed by atoms with Crippen LogP contribution < -0.4 is 0 Å². The highest BCUT2D eigenvalue weighted by Gasteiger charge is 2.36. The average molecular weight is 543 g/mol. The molecule has 0 amide bonds. The van der Waals surface area contributed by atoms with E-state index in [1.54, 1.807) is 12.1 Å². The van der Waals surface area contributed by atoms with E-state index in [2.05, 4.69) is 120 Å². The van der Waals surface area contributed by atoms with Gasteiger partial charge in [-0.1, -0.05) is 120 Å². The van der Waals surface area contributed by atoms with Crippen LogP contribution in [0, 0.1) is 0 Å². The smallest absolute Gasteiger partial charge is 0.115 e. The highest BCUT2D eigenvalue weighted by atomic mass is 16.3. The Balaban J connectivity index is 1.28. The van der Waals surface area contributed by atoms with Crippen molar-refractivity contribution >= 4 is 32.3 Å². The second kappa shape index (κ2) is 8.46. The maximum atomic E-state index is 9.77. The van der Waals surface area contributed by atoms with Crippen molar-refractivity contribution in [3.05, 3.63) is 126 Å². The van der Waals surface area contributed by atoms with Crippen molar-refractivity contribution in [1.29, 1.82) is 0 Å². The van der Waals surface area contributed by atoms with Gasteiger partial charge in [-0.25, -0.2) is 0 Å². The minimum atomic E-state index is -0.124. The molecule has 7 aromatic carbocycles. The molecule has 1 aliphatic carbocycles. The van der Waals surface area contributed by atoms with E-state index in [0.29, 0.717) is 5.75 Å². The van der Waals surface area contributed by atoms with Crippen LogP contribution >= 0.6 is 0 Å². The topological polar surface area (TPSA) is 20.2 Å². The first-order chi connectivity index (χ1) is 20.1. The summed E-state index contributed by atoms with van der Waals surface area (Å²) >= 11 is 0. The van der Waals surface area contributed by atoms with Crippen molar-refractivity contribution in [3.63, 3.8) is 0 Å². The molecule has 42 heavy (non-hydrogen) atoms. The molecule has 0 radical (unpaired) electrons. The van der Waals surface area contributed by atoms with Crippen molar-refractivity contribution in [1.82, 2.24) is 0 Å². The molecule has 0 aliphatic heterocycles. The van der Waals surface area contributed by atoms with Gasteiger partial charge in [-0.05, 0) is 112 Å². The summed E-state index contributed by atoms with van der Waals surface area (Å²) in [6.07, 6.45) is 0. The molecule has 0 saturated heterocycles. The monoisotopic (exact) mass is 542 g/mol. The molecule has 0 unspecified atom stereocenters. The lowest BCUT2D eigenvalue weighted by Crippen LogP contribution is -2.15. The molecule has 8 rings (SSSR count). The van der Waals surface area contributed by atoms with Crippen LogP contribution in [0.2, 0.25) is 0 Å². The van der Waals surface area contributed by atoms with Crippen LogP contribution in [-0.4, -0.2) is 5.11 Å². The predicted octanol–water partition coefficient (Wildman–Crippen LogP) is 11.2. The van der Waals surface area contributed by atoms with E-state index in [0.717, 1.165) is 5.56 Å². The van der Waals surface area contributed by atoms with Crippen LogP contribution in [0.1, 0.15) is 51.3 Å². The molecular weight excluding hydrogens is 508 g/mol. The Morgan fingerprint density at radius 2 is 1.02 bits per heavy atom. The standard InChI is InChI=1S/C41H34O/c1-40(2,3)30-20-28-7-6-25-10-16-32(35-19-13-29(21-30)38(28)39(25)35)27-12-18-34-33-17-11-26(24-8-14-31(42)15-9-24)22-36(33)41(4,5)37(34)23-27/h6-23,42H,1-5H3. The van der Waals surface area contributed by atoms with Crippen molar-refractivity contribution in [3.8, 4) is 39.1 Å². The van der Waals surface area contributed by atoms with E-state index in [4.69, 9.17) is 0 Å². The predicted molar refractivity (Wildman–Crippen MR) is 179 cm³/mol. The minimum absolute atomic E-state index is 0.106. The molecule has 0 spiro atoms. The van der Waals surface area contributed by atoms with E-state index < -0.39 is 0 Å². The molecule has 1 nitrogen and oxygen atoms in total. The third-order valence-corrected chi connectivity index (χ3v) is 9.65. The summed E-state index contributed by atoms with van der Waals surface area (Å²) in [5.41, 5.74) is 11.6. The van der Waals surface area contributed by atoms with E-state index in [-0.39, 0.29) is 10.8 Å². The second-order valence-corrected chi connectivity index (χ2v) is 13.6. The van der Waals surface area contributed by atoms with Crippen molar-refractivity contribution in [2.75, 3.05) is 0 Å². The quantitative estimate of drug-likeness (QED) is 0.215. The van der Waals surface area contributed by atoms with Gasteiger partial charge in [-0.3, -0.25) is 0 Å². The summed E-state index contributed by atoms with van der Waals surface area (Å²) < 4.78 is 0. The van der Waals surface area contributed by atoms with Gasteiger partial charge in [-0.2, -0.15) is 0 Å². The van der Waals surface area contributed by atoms with Crippen molar-refractivity contribution in [2.24, 2.45) is 0 Å². The van der Waals surface area contributed by atoms with Crippen LogP contribution in [0.25, 0.3) is 65.7 Å². The molecule has 1 heteroatoms. The number of aromatic hydroxyl groups is 1. The van der Waals surface area contributed by atoms with Gasteiger partial charge in [0, 0.05) is 5.41 Å². The fourth-order valence-corrected chi connectivity index (χ4v) is 7.24. The fraction of sp³-hybridized carbons (Fsp3) is 0.171. The van der Waals surface area contributed by atoms with Crippen LogP contribution in [-0.2, 0) is 10.8 Å². The Hall–Kier alpha value is -4.62. The van der Waals surface area contributed by atoms with Crippen molar-refractivity contribution in [2.45, 2.75) is 45.4 Å². The first kappa shape index (κ1) is 25.1. The van der Waals surface area contributed by atoms with Crippen LogP contribution in [0.3, 0.4) is 0 Å². The summed E-state index contributed by atoms with van der Waals surface area (Å²) in [6, 6.07) is 40.0. The van der Waals surface area contributed by atoms with E-state index in [1.165, 1.54) is 76.8 Å². The lowest BCUT2D eigenvalue weighted by molar-refractivity contribution is 0.475. The number of phenols is 1. The summed E-state index contributed by atoms with van der Waals surface area (Å²) in [6.45, 7) is 11.6. The summed E-state index contributed by atoms with van der Waals surface area (Å²) in [7, 11) is 0. The molecule has 1 N–H and O–H groups in total. The van der Waals surface area contributed by atoms with Gasteiger partial charge in [0.15, 0.2) is 0 Å². The SMILES string of the molecule is CC(C)(C)c1cc2ccc3ccc(-c4ccc5c(c4)C(C)(C)c4cc(-c6ccc(O)cc6)ccc4-5)c4ccc(c1)c2c34. The largest absolute Gasteiger partial charge is 0.508 e. The van der Waals surface area contributed by atoms with Gasteiger partial charge in [0.1, 0.15) is 5.75 Å². The van der Waals surface area contributed by atoms with Gasteiger partial charge >= 0.3 is 0 Å². The number of rotatable bonds is 2. The summed E-state index contributed by atoms with van der Waals surface area (Å²) in [5, 5.41) is 17.8. The first-order valence-corrected chi connectivity index (χ1v) is 14.9. The van der Waals surface area contributed by atoms with E-state index in [1.807, 2.05) is 12.1 Å². The molecule has 204 valence electrons. The highest BCUT2D eigenvalue weighted by Crippen LogP contribution is 2.51. The Morgan fingerprint density at radius 3 is 1.69 bits per heavy atom. The third kappa shape index (κ3) is 3.56. The van der Waals surface area contributed by atoms with Gasteiger partial charge < -0.3 is 5.11 Å². The molecule has 0 bridgehead atoms. The van der Waals surface area contributed by atoms with Crippen LogP contribution in [0.5, 0.6) is 5.75 Å². The zero-order valence-corrected chi connectivity index (χ0v) is 24.8. The van der Waals surface area contributed by atoms with Crippen molar-refractivity contribution < 1.29 is 5.11 Å². The normalized spacial score (nSPS) is 14.1. The zero-order chi connectivity index (χ0) is 29.0. The Labute approximate surface area is 247 Å². The van der Waals surface area contributed by atoms with Crippen LogP contribution in [0.15, 0.2) is 109 Å². The average Bonchev–Trinajstić information content (AvgIpc) is 3.21. The molecule has 7 aromatic rings. The molecule has 0 atom stereocenters. The third-order valence-electron chi connectivity index (χ3n) is 9.65. The lowest BCUT2D eigenvalue weighted by atomic mass is 9.80. The number of phenolic OH excluding ortho intramolecular Hbond substituents is 1. The van der Waals surface area contributed by atoms with E-state index in [9.17, 15) is 5.11 Å². The number of benzene rings is 7. The minimum Gasteiger partial charge on any atom is -0.508 e. The van der Waals surface area contributed by atoms with Gasteiger partial charge in [-0.15, -0.1) is 0 Å². The maximum absolute atomic E-state index is 9.77. The molecule has 0 heterocycles. The fourth-order valence-electron chi connectivity index (χ4n) is 7.24. The molecule has 0 aromatic heterocycles. The number of fused-ring (bicyclic) bond motifs is 3. The number of hydrogen-bond acceptors (Lipinski definition) is 1. The summed E-state index contributed by atoms with van der Waals surface area (Å²) in [5.74, 6) is 0.293. The van der Waals surface area contributed by atoms with Gasteiger partial charge in [0.2, 0.25) is 0 Å². The molecule has 1 aliphatic rings.